The van der Waals surface area contributed by atoms with Gasteiger partial charge in [-0.15, -0.1) is 0 Å². The highest BCUT2D eigenvalue weighted by atomic mass is 79.9. The molecule has 1 heterocycles. The summed E-state index contributed by atoms with van der Waals surface area (Å²) < 4.78 is 2.69. The van der Waals surface area contributed by atoms with Crippen LogP contribution in [0.1, 0.15) is 23.7 Å². The Morgan fingerprint density at radius 3 is 2.76 bits per heavy atom. The normalized spacial score (nSPS) is 10.8. The first-order valence-corrected chi connectivity index (χ1v) is 6.44. The predicted molar refractivity (Wildman–Crippen MR) is 72.4 cm³/mol. The molecule has 90 valence electrons. The van der Waals surface area contributed by atoms with Gasteiger partial charge in [-0.05, 0) is 31.0 Å². The van der Waals surface area contributed by atoms with Crippen molar-refractivity contribution in [3.63, 3.8) is 0 Å². The lowest BCUT2D eigenvalue weighted by Crippen LogP contribution is -2.18. The molecule has 0 fully saturated rings. The number of aromatic amines is 1. The number of aromatic nitrogens is 2. The van der Waals surface area contributed by atoms with Crippen LogP contribution < -0.4 is 5.56 Å². The third-order valence-electron chi connectivity index (χ3n) is 2.87. The Morgan fingerprint density at radius 1 is 1.41 bits per heavy atom. The Hall–Kier alpha value is -1.29. The highest BCUT2D eigenvalue weighted by molar-refractivity contribution is 9.10. The highest BCUT2D eigenvalue weighted by Crippen LogP contribution is 2.12. The van der Waals surface area contributed by atoms with Crippen molar-refractivity contribution in [1.82, 2.24) is 9.78 Å². The van der Waals surface area contributed by atoms with Crippen LogP contribution in [0.5, 0.6) is 0 Å². The maximum atomic E-state index is 12.0. The molecule has 0 bridgehead atoms. The molecular weight excluding hydrogens is 280 g/mol. The highest BCUT2D eigenvalue weighted by Gasteiger charge is 2.08. The molecule has 0 aliphatic carbocycles. The average molecular weight is 295 g/mol. The lowest BCUT2D eigenvalue weighted by Gasteiger charge is -2.02. The molecule has 1 aromatic heterocycles. The summed E-state index contributed by atoms with van der Waals surface area (Å²) in [5.74, 6) is 0. The molecule has 4 heteroatoms. The van der Waals surface area contributed by atoms with E-state index in [0.717, 1.165) is 27.7 Å². The van der Waals surface area contributed by atoms with Gasteiger partial charge in [-0.3, -0.25) is 9.89 Å². The van der Waals surface area contributed by atoms with Crippen molar-refractivity contribution in [2.24, 2.45) is 0 Å². The van der Waals surface area contributed by atoms with Crippen LogP contribution in [-0.4, -0.2) is 9.78 Å². The first-order valence-electron chi connectivity index (χ1n) is 5.64. The summed E-state index contributed by atoms with van der Waals surface area (Å²) in [5, 5.41) is 3.16. The van der Waals surface area contributed by atoms with E-state index < -0.39 is 0 Å². The van der Waals surface area contributed by atoms with E-state index in [0.29, 0.717) is 6.54 Å². The summed E-state index contributed by atoms with van der Waals surface area (Å²) in [6.45, 7) is 4.50. The Balaban J connectivity index is 2.34. The van der Waals surface area contributed by atoms with Crippen molar-refractivity contribution in [3.8, 4) is 0 Å². The predicted octanol–water partition coefficient (Wildman–Crippen LogP) is 2.86. The number of halogens is 1. The zero-order valence-corrected chi connectivity index (χ0v) is 11.5. The molecule has 0 unspecified atom stereocenters. The van der Waals surface area contributed by atoms with Crippen molar-refractivity contribution in [2.75, 3.05) is 0 Å². The molecule has 0 aliphatic heterocycles. The Bertz CT molecular complexity index is 583. The van der Waals surface area contributed by atoms with Crippen molar-refractivity contribution in [1.29, 1.82) is 0 Å². The number of hydrogen-bond acceptors (Lipinski definition) is 1. The van der Waals surface area contributed by atoms with Gasteiger partial charge in [0.05, 0.1) is 6.54 Å². The molecule has 0 atom stereocenters. The van der Waals surface area contributed by atoms with Crippen molar-refractivity contribution in [2.45, 2.75) is 26.8 Å². The second-order valence-corrected chi connectivity index (χ2v) is 5.01. The van der Waals surface area contributed by atoms with Crippen molar-refractivity contribution >= 4 is 15.9 Å². The van der Waals surface area contributed by atoms with Gasteiger partial charge in [0.25, 0.3) is 5.56 Å². The van der Waals surface area contributed by atoms with Gasteiger partial charge in [-0.25, -0.2) is 4.68 Å². The summed E-state index contributed by atoms with van der Waals surface area (Å²) >= 11 is 3.43. The maximum Gasteiger partial charge on any atom is 0.269 e. The number of nitrogens with one attached hydrogen (secondary N) is 1. The molecule has 2 aromatic rings. The standard InChI is InChI=1S/C13H15BrN2O/c1-3-12-9(2)13(17)16(15-12)8-10-5-4-6-11(14)7-10/h4-7,15H,3,8H2,1-2H3. The molecule has 1 aromatic carbocycles. The van der Waals surface area contributed by atoms with Crippen molar-refractivity contribution in [3.05, 3.63) is 55.9 Å². The molecule has 0 saturated heterocycles. The third kappa shape index (κ3) is 2.52. The molecule has 0 amide bonds. The number of hydrogen-bond donors (Lipinski definition) is 1. The minimum atomic E-state index is 0.0711. The van der Waals surface area contributed by atoms with Gasteiger partial charge in [0.2, 0.25) is 0 Å². The van der Waals surface area contributed by atoms with Gasteiger partial charge < -0.3 is 0 Å². The lowest BCUT2D eigenvalue weighted by atomic mass is 10.2. The zero-order valence-electron chi connectivity index (χ0n) is 9.96. The van der Waals surface area contributed by atoms with Crippen LogP contribution in [0.25, 0.3) is 0 Å². The van der Waals surface area contributed by atoms with E-state index >= 15 is 0 Å². The Morgan fingerprint density at radius 2 is 2.18 bits per heavy atom. The van der Waals surface area contributed by atoms with Crippen LogP contribution in [0, 0.1) is 6.92 Å². The molecule has 0 aliphatic rings. The molecule has 1 N–H and O–H groups in total. The monoisotopic (exact) mass is 294 g/mol. The van der Waals surface area contributed by atoms with Gasteiger partial charge in [0.15, 0.2) is 0 Å². The fraction of sp³-hybridized carbons (Fsp3) is 0.308. The number of H-pyrrole nitrogens is 1. The number of rotatable bonds is 3. The minimum Gasteiger partial charge on any atom is -0.299 e. The summed E-state index contributed by atoms with van der Waals surface area (Å²) in [6.07, 6.45) is 0.854. The van der Waals surface area contributed by atoms with Gasteiger partial charge in [0, 0.05) is 15.7 Å². The van der Waals surface area contributed by atoms with Crippen LogP contribution in [0.2, 0.25) is 0 Å². The fourth-order valence-electron chi connectivity index (χ4n) is 1.90. The molecule has 0 radical (unpaired) electrons. The van der Waals surface area contributed by atoms with Gasteiger partial charge in [-0.1, -0.05) is 35.0 Å². The van der Waals surface area contributed by atoms with E-state index in [-0.39, 0.29) is 5.56 Å². The molecule has 0 saturated carbocycles. The first kappa shape index (κ1) is 12.2. The van der Waals surface area contributed by atoms with E-state index in [4.69, 9.17) is 0 Å². The topological polar surface area (TPSA) is 37.8 Å². The Kier molecular flexibility index (Phi) is 3.52. The SMILES string of the molecule is CCc1[nH]n(Cc2cccc(Br)c2)c(=O)c1C. The molecule has 17 heavy (non-hydrogen) atoms. The number of aryl methyl sites for hydroxylation is 1. The van der Waals surface area contributed by atoms with Gasteiger partial charge in [0.1, 0.15) is 0 Å². The van der Waals surface area contributed by atoms with Crippen LogP contribution in [0.15, 0.2) is 33.5 Å². The van der Waals surface area contributed by atoms with E-state index in [1.165, 1.54) is 0 Å². The molecule has 0 spiro atoms. The minimum absolute atomic E-state index is 0.0711. The summed E-state index contributed by atoms with van der Waals surface area (Å²) in [6, 6.07) is 7.98. The zero-order chi connectivity index (χ0) is 12.4. The Labute approximate surface area is 109 Å². The second-order valence-electron chi connectivity index (χ2n) is 4.09. The molecule has 3 nitrogen and oxygen atoms in total. The summed E-state index contributed by atoms with van der Waals surface area (Å²) in [7, 11) is 0. The van der Waals surface area contributed by atoms with Crippen LogP contribution in [0.4, 0.5) is 0 Å². The first-order chi connectivity index (χ1) is 8.11. The van der Waals surface area contributed by atoms with Crippen LogP contribution in [0.3, 0.4) is 0 Å². The summed E-state index contributed by atoms with van der Waals surface area (Å²) in [5.41, 5.74) is 3.01. The molecule has 2 rings (SSSR count). The molecular formula is C13H15BrN2O. The van der Waals surface area contributed by atoms with Crippen LogP contribution in [-0.2, 0) is 13.0 Å². The third-order valence-corrected chi connectivity index (χ3v) is 3.37. The quantitative estimate of drug-likeness (QED) is 0.929. The van der Waals surface area contributed by atoms with E-state index in [1.54, 1.807) is 4.68 Å². The summed E-state index contributed by atoms with van der Waals surface area (Å²) in [4.78, 5) is 12.0. The fourth-order valence-corrected chi connectivity index (χ4v) is 2.35. The van der Waals surface area contributed by atoms with Gasteiger partial charge >= 0.3 is 0 Å². The van der Waals surface area contributed by atoms with Crippen molar-refractivity contribution < 1.29 is 0 Å². The largest absolute Gasteiger partial charge is 0.299 e. The number of benzene rings is 1. The van der Waals surface area contributed by atoms with Crippen LogP contribution >= 0.6 is 15.9 Å². The van der Waals surface area contributed by atoms with E-state index in [9.17, 15) is 4.79 Å². The smallest absolute Gasteiger partial charge is 0.269 e. The van der Waals surface area contributed by atoms with E-state index in [2.05, 4.69) is 21.0 Å². The second kappa shape index (κ2) is 4.92. The maximum absolute atomic E-state index is 12.0. The van der Waals surface area contributed by atoms with E-state index in [1.807, 2.05) is 38.1 Å². The average Bonchev–Trinajstić information content (AvgIpc) is 2.57. The number of nitrogens with zero attached hydrogens (tertiary/aromatic N) is 1. The van der Waals surface area contributed by atoms with Gasteiger partial charge in [-0.2, -0.15) is 0 Å². The lowest BCUT2D eigenvalue weighted by molar-refractivity contribution is 0.652.